The molecule has 6 heteroatoms. The van der Waals surface area contributed by atoms with E-state index in [-0.39, 0.29) is 5.91 Å². The van der Waals surface area contributed by atoms with Crippen molar-refractivity contribution in [1.82, 2.24) is 5.32 Å². The molecule has 21 heavy (non-hydrogen) atoms. The molecular weight excluding hydrogens is 294 g/mol. The number of rotatable bonds is 6. The van der Waals surface area contributed by atoms with Crippen LogP contribution in [-0.4, -0.2) is 19.6 Å². The van der Waals surface area contributed by atoms with Crippen LogP contribution in [0.4, 0.5) is 0 Å². The smallest absolute Gasteiger partial charge is 0.251 e. The lowest BCUT2D eigenvalue weighted by atomic mass is 10.2. The highest BCUT2D eigenvalue weighted by Crippen LogP contribution is 2.36. The number of nitrogens with one attached hydrogen (secondary N) is 1. The van der Waals surface area contributed by atoms with Crippen LogP contribution in [0.2, 0.25) is 5.02 Å². The van der Waals surface area contributed by atoms with E-state index in [2.05, 4.69) is 5.32 Å². The fourth-order valence-electron chi connectivity index (χ4n) is 1.82. The summed E-state index contributed by atoms with van der Waals surface area (Å²) < 4.78 is 15.8. The number of halogens is 1. The Hall–Kier alpha value is -2.14. The first-order valence-corrected chi connectivity index (χ1v) is 6.84. The first kappa shape index (κ1) is 15.3. The van der Waals surface area contributed by atoms with E-state index in [4.69, 9.17) is 25.5 Å². The van der Waals surface area contributed by atoms with Crippen molar-refractivity contribution in [2.45, 2.75) is 13.5 Å². The summed E-state index contributed by atoms with van der Waals surface area (Å²) in [5.74, 6) is 1.26. The van der Waals surface area contributed by atoms with E-state index >= 15 is 0 Å². The average Bonchev–Trinajstić information content (AvgIpc) is 3.00. The molecule has 1 aromatic heterocycles. The van der Waals surface area contributed by atoms with Crippen molar-refractivity contribution >= 4 is 17.5 Å². The molecule has 1 aromatic carbocycles. The van der Waals surface area contributed by atoms with Crippen LogP contribution in [0.5, 0.6) is 11.5 Å². The maximum Gasteiger partial charge on any atom is 0.251 e. The summed E-state index contributed by atoms with van der Waals surface area (Å²) in [7, 11) is 1.50. The molecule has 1 N–H and O–H groups in total. The topological polar surface area (TPSA) is 60.7 Å². The van der Waals surface area contributed by atoms with Crippen molar-refractivity contribution in [2.24, 2.45) is 0 Å². The van der Waals surface area contributed by atoms with Crippen molar-refractivity contribution in [1.29, 1.82) is 0 Å². The molecule has 0 unspecified atom stereocenters. The molecule has 0 saturated carbocycles. The quantitative estimate of drug-likeness (QED) is 0.889. The number of ether oxygens (including phenoxy) is 2. The molecule has 112 valence electrons. The summed E-state index contributed by atoms with van der Waals surface area (Å²) in [5, 5.41) is 3.08. The van der Waals surface area contributed by atoms with Crippen LogP contribution >= 0.6 is 11.6 Å². The largest absolute Gasteiger partial charge is 0.493 e. The van der Waals surface area contributed by atoms with Gasteiger partial charge >= 0.3 is 0 Å². The molecular formula is C15H16ClNO4. The van der Waals surface area contributed by atoms with Crippen LogP contribution in [0.3, 0.4) is 0 Å². The molecule has 5 nitrogen and oxygen atoms in total. The number of benzene rings is 1. The Morgan fingerprint density at radius 1 is 1.43 bits per heavy atom. The highest BCUT2D eigenvalue weighted by atomic mass is 35.5. The molecule has 1 heterocycles. The first-order valence-electron chi connectivity index (χ1n) is 6.46. The lowest BCUT2D eigenvalue weighted by Gasteiger charge is -2.13. The molecule has 0 aliphatic carbocycles. The van der Waals surface area contributed by atoms with Gasteiger partial charge in [-0.3, -0.25) is 4.79 Å². The van der Waals surface area contributed by atoms with Gasteiger partial charge in [0.1, 0.15) is 5.76 Å². The summed E-state index contributed by atoms with van der Waals surface area (Å²) in [5.41, 5.74) is 0.395. The Morgan fingerprint density at radius 2 is 2.24 bits per heavy atom. The van der Waals surface area contributed by atoms with Crippen LogP contribution in [-0.2, 0) is 6.54 Å². The zero-order valence-electron chi connectivity index (χ0n) is 11.8. The second kappa shape index (κ2) is 7.04. The lowest BCUT2D eigenvalue weighted by Crippen LogP contribution is -2.22. The minimum absolute atomic E-state index is 0.269. The molecule has 0 aliphatic rings. The highest BCUT2D eigenvalue weighted by Gasteiger charge is 2.15. The number of amides is 1. The first-order chi connectivity index (χ1) is 10.2. The zero-order valence-corrected chi connectivity index (χ0v) is 12.6. The lowest BCUT2D eigenvalue weighted by molar-refractivity contribution is 0.0947. The van der Waals surface area contributed by atoms with Crippen molar-refractivity contribution in [3.8, 4) is 11.5 Å². The molecule has 0 atom stereocenters. The Morgan fingerprint density at radius 3 is 2.86 bits per heavy atom. The van der Waals surface area contributed by atoms with Crippen LogP contribution < -0.4 is 14.8 Å². The van der Waals surface area contributed by atoms with E-state index < -0.39 is 0 Å². The summed E-state index contributed by atoms with van der Waals surface area (Å²) in [4.78, 5) is 12.1. The molecule has 0 saturated heterocycles. The molecule has 0 radical (unpaired) electrons. The Labute approximate surface area is 127 Å². The fourth-order valence-corrected chi connectivity index (χ4v) is 2.08. The van der Waals surface area contributed by atoms with Gasteiger partial charge in [-0.05, 0) is 31.2 Å². The van der Waals surface area contributed by atoms with Gasteiger partial charge < -0.3 is 19.2 Å². The van der Waals surface area contributed by atoms with E-state index in [9.17, 15) is 4.79 Å². The number of hydrogen-bond donors (Lipinski definition) is 1. The molecule has 2 rings (SSSR count). The maximum atomic E-state index is 12.1. The third-order valence-electron chi connectivity index (χ3n) is 2.78. The van der Waals surface area contributed by atoms with Crippen LogP contribution in [0.15, 0.2) is 34.9 Å². The molecule has 0 aliphatic heterocycles. The van der Waals surface area contributed by atoms with Crippen LogP contribution in [0.25, 0.3) is 0 Å². The number of carbonyl (C=O) groups excluding carboxylic acids is 1. The van der Waals surface area contributed by atoms with Gasteiger partial charge in [0.05, 0.1) is 31.5 Å². The predicted octanol–water partition coefficient (Wildman–Crippen LogP) is 3.27. The van der Waals surface area contributed by atoms with Gasteiger partial charge in [-0.2, -0.15) is 0 Å². The van der Waals surface area contributed by atoms with E-state index in [1.807, 2.05) is 6.92 Å². The van der Waals surface area contributed by atoms with Gasteiger partial charge in [0, 0.05) is 5.56 Å². The zero-order chi connectivity index (χ0) is 15.2. The normalized spacial score (nSPS) is 10.2. The monoisotopic (exact) mass is 309 g/mol. The average molecular weight is 310 g/mol. The number of carbonyl (C=O) groups is 1. The molecule has 1 amide bonds. The third-order valence-corrected chi connectivity index (χ3v) is 3.06. The van der Waals surface area contributed by atoms with Crippen LogP contribution in [0, 0.1) is 0 Å². The van der Waals surface area contributed by atoms with Gasteiger partial charge in [0.2, 0.25) is 0 Å². The molecule has 0 fully saturated rings. The summed E-state index contributed by atoms with van der Waals surface area (Å²) in [6.07, 6.45) is 1.55. The standard InChI is InChI=1S/C15H16ClNO4/c1-3-20-14-12(16)7-10(8-13(14)19-2)15(18)17-9-11-5-4-6-21-11/h4-8H,3,9H2,1-2H3,(H,17,18). The SMILES string of the molecule is CCOc1c(Cl)cc(C(=O)NCc2ccco2)cc1OC. The van der Waals surface area contributed by atoms with Gasteiger partial charge in [-0.25, -0.2) is 0 Å². The Balaban J connectivity index is 2.15. The van der Waals surface area contributed by atoms with Gasteiger partial charge in [-0.1, -0.05) is 11.6 Å². The Bertz CT molecular complexity index is 610. The highest BCUT2D eigenvalue weighted by molar-refractivity contribution is 6.32. The summed E-state index contributed by atoms with van der Waals surface area (Å²) >= 11 is 6.13. The molecule has 2 aromatic rings. The van der Waals surface area contributed by atoms with E-state index in [0.29, 0.717) is 41.0 Å². The van der Waals surface area contributed by atoms with Crippen molar-refractivity contribution in [3.63, 3.8) is 0 Å². The number of furan rings is 1. The second-order valence-corrected chi connectivity index (χ2v) is 4.59. The predicted molar refractivity (Wildman–Crippen MR) is 79.1 cm³/mol. The van der Waals surface area contributed by atoms with Crippen molar-refractivity contribution in [2.75, 3.05) is 13.7 Å². The van der Waals surface area contributed by atoms with E-state index in [1.54, 1.807) is 30.5 Å². The third kappa shape index (κ3) is 3.70. The second-order valence-electron chi connectivity index (χ2n) is 4.18. The van der Waals surface area contributed by atoms with Gasteiger partial charge in [0.25, 0.3) is 5.91 Å². The van der Waals surface area contributed by atoms with E-state index in [1.165, 1.54) is 7.11 Å². The summed E-state index contributed by atoms with van der Waals surface area (Å²) in [6.45, 7) is 2.61. The number of methoxy groups -OCH3 is 1. The van der Waals surface area contributed by atoms with Crippen molar-refractivity contribution < 1.29 is 18.7 Å². The molecule has 0 bridgehead atoms. The van der Waals surface area contributed by atoms with Crippen molar-refractivity contribution in [3.05, 3.63) is 46.9 Å². The minimum Gasteiger partial charge on any atom is -0.493 e. The van der Waals surface area contributed by atoms with Crippen LogP contribution in [0.1, 0.15) is 23.0 Å². The fraction of sp³-hybridized carbons (Fsp3) is 0.267. The van der Waals surface area contributed by atoms with Gasteiger partial charge in [-0.15, -0.1) is 0 Å². The Kier molecular flexibility index (Phi) is 5.11. The van der Waals surface area contributed by atoms with E-state index in [0.717, 1.165) is 0 Å². The molecule has 0 spiro atoms. The maximum absolute atomic E-state index is 12.1. The number of hydrogen-bond acceptors (Lipinski definition) is 4. The minimum atomic E-state index is -0.269. The van der Waals surface area contributed by atoms with Gasteiger partial charge in [0.15, 0.2) is 11.5 Å². The summed E-state index contributed by atoms with van der Waals surface area (Å²) in [6, 6.07) is 6.69.